The van der Waals surface area contributed by atoms with E-state index < -0.39 is 0 Å². The first-order chi connectivity index (χ1) is 8.77. The molecule has 0 radical (unpaired) electrons. The van der Waals surface area contributed by atoms with Gasteiger partial charge in [-0.3, -0.25) is 0 Å². The van der Waals surface area contributed by atoms with E-state index >= 15 is 0 Å². The van der Waals surface area contributed by atoms with Crippen LogP contribution in [-0.2, 0) is 0 Å². The van der Waals surface area contributed by atoms with E-state index in [4.69, 9.17) is 10.5 Å². The molecule has 0 bridgehead atoms. The number of nitrogens with two attached hydrogens (primary N) is 1. The third kappa shape index (κ3) is 3.40. The number of hydrogen-bond donors (Lipinski definition) is 2. The Kier molecular flexibility index (Phi) is 4.47. The largest absolute Gasteiger partial charge is 0.490 e. The SMILES string of the molecule is Nc1ccccc1OCCNc1ccccc1Br. The van der Waals surface area contributed by atoms with E-state index in [0.717, 1.165) is 22.5 Å². The van der Waals surface area contributed by atoms with Crippen molar-refractivity contribution < 1.29 is 4.74 Å². The van der Waals surface area contributed by atoms with Crippen LogP contribution in [0.25, 0.3) is 0 Å². The number of nitrogens with one attached hydrogen (secondary N) is 1. The summed E-state index contributed by atoms with van der Waals surface area (Å²) in [4.78, 5) is 0. The van der Waals surface area contributed by atoms with Crippen molar-refractivity contribution >= 4 is 27.3 Å². The molecule has 0 aliphatic heterocycles. The highest BCUT2D eigenvalue weighted by atomic mass is 79.9. The average Bonchev–Trinajstić information content (AvgIpc) is 2.38. The van der Waals surface area contributed by atoms with Crippen LogP contribution in [0.15, 0.2) is 53.0 Å². The van der Waals surface area contributed by atoms with Crippen molar-refractivity contribution in [3.63, 3.8) is 0 Å². The van der Waals surface area contributed by atoms with Gasteiger partial charge in [-0.05, 0) is 40.2 Å². The molecule has 18 heavy (non-hydrogen) atoms. The first kappa shape index (κ1) is 12.8. The third-order valence-electron chi connectivity index (χ3n) is 2.47. The highest BCUT2D eigenvalue weighted by Crippen LogP contribution is 2.21. The molecule has 94 valence electrons. The number of hydrogen-bond acceptors (Lipinski definition) is 3. The van der Waals surface area contributed by atoms with Crippen molar-refractivity contribution in [3.05, 3.63) is 53.0 Å². The molecule has 0 heterocycles. The summed E-state index contributed by atoms with van der Waals surface area (Å²) in [6.07, 6.45) is 0. The summed E-state index contributed by atoms with van der Waals surface area (Å²) >= 11 is 3.48. The smallest absolute Gasteiger partial charge is 0.142 e. The Labute approximate surface area is 115 Å². The fraction of sp³-hybridized carbons (Fsp3) is 0.143. The lowest BCUT2D eigenvalue weighted by Gasteiger charge is -2.11. The average molecular weight is 307 g/mol. The summed E-state index contributed by atoms with van der Waals surface area (Å²) in [6.45, 7) is 1.28. The molecule has 2 rings (SSSR count). The maximum absolute atomic E-state index is 5.79. The molecule has 0 atom stereocenters. The molecule has 2 aromatic rings. The molecule has 0 aliphatic carbocycles. The summed E-state index contributed by atoms with van der Waals surface area (Å²) < 4.78 is 6.64. The molecule has 0 amide bonds. The van der Waals surface area contributed by atoms with Gasteiger partial charge in [0.25, 0.3) is 0 Å². The molecule has 3 N–H and O–H groups in total. The van der Waals surface area contributed by atoms with Gasteiger partial charge in [-0.2, -0.15) is 0 Å². The number of anilines is 2. The molecular formula is C14H15BrN2O. The standard InChI is InChI=1S/C14H15BrN2O/c15-11-5-1-3-7-13(11)17-9-10-18-14-8-4-2-6-12(14)16/h1-8,17H,9-10,16H2. The molecule has 0 saturated carbocycles. The van der Waals surface area contributed by atoms with Crippen LogP contribution < -0.4 is 15.8 Å². The van der Waals surface area contributed by atoms with Crippen molar-refractivity contribution in [2.45, 2.75) is 0 Å². The van der Waals surface area contributed by atoms with Gasteiger partial charge < -0.3 is 15.8 Å². The lowest BCUT2D eigenvalue weighted by molar-refractivity contribution is 0.334. The molecular weight excluding hydrogens is 292 g/mol. The van der Waals surface area contributed by atoms with Crippen LogP contribution in [0.4, 0.5) is 11.4 Å². The van der Waals surface area contributed by atoms with Crippen LogP contribution in [0.5, 0.6) is 5.75 Å². The van der Waals surface area contributed by atoms with E-state index in [9.17, 15) is 0 Å². The van der Waals surface area contributed by atoms with Gasteiger partial charge in [0.15, 0.2) is 0 Å². The summed E-state index contributed by atoms with van der Waals surface area (Å²) in [5.41, 5.74) is 7.51. The number of ether oxygens (including phenoxy) is 1. The van der Waals surface area contributed by atoms with Gasteiger partial charge in [-0.15, -0.1) is 0 Å². The van der Waals surface area contributed by atoms with E-state index in [2.05, 4.69) is 21.2 Å². The van der Waals surface area contributed by atoms with Gasteiger partial charge in [-0.1, -0.05) is 24.3 Å². The van der Waals surface area contributed by atoms with Crippen LogP contribution in [0.3, 0.4) is 0 Å². The van der Waals surface area contributed by atoms with Gasteiger partial charge in [0.1, 0.15) is 12.4 Å². The van der Waals surface area contributed by atoms with Crippen molar-refractivity contribution in [3.8, 4) is 5.75 Å². The molecule has 4 heteroatoms. The van der Waals surface area contributed by atoms with E-state index in [1.807, 2.05) is 48.5 Å². The highest BCUT2D eigenvalue weighted by molar-refractivity contribution is 9.10. The van der Waals surface area contributed by atoms with E-state index in [1.165, 1.54) is 0 Å². The number of benzene rings is 2. The monoisotopic (exact) mass is 306 g/mol. The maximum Gasteiger partial charge on any atom is 0.142 e. The quantitative estimate of drug-likeness (QED) is 0.656. The van der Waals surface area contributed by atoms with Gasteiger partial charge in [0.2, 0.25) is 0 Å². The Hall–Kier alpha value is -1.68. The molecule has 0 unspecified atom stereocenters. The zero-order valence-electron chi connectivity index (χ0n) is 9.90. The fourth-order valence-electron chi connectivity index (χ4n) is 1.56. The topological polar surface area (TPSA) is 47.3 Å². The lowest BCUT2D eigenvalue weighted by Crippen LogP contribution is -2.12. The van der Waals surface area contributed by atoms with Crippen LogP contribution in [-0.4, -0.2) is 13.2 Å². The van der Waals surface area contributed by atoms with E-state index in [0.29, 0.717) is 12.3 Å². The van der Waals surface area contributed by atoms with Crippen molar-refractivity contribution in [1.29, 1.82) is 0 Å². The molecule has 0 aliphatic rings. The van der Waals surface area contributed by atoms with Crippen LogP contribution in [0.1, 0.15) is 0 Å². The minimum Gasteiger partial charge on any atom is -0.490 e. The number of rotatable bonds is 5. The summed E-state index contributed by atoms with van der Waals surface area (Å²) in [6, 6.07) is 15.5. The lowest BCUT2D eigenvalue weighted by atomic mass is 10.3. The van der Waals surface area contributed by atoms with Crippen LogP contribution >= 0.6 is 15.9 Å². The Morgan fingerprint density at radius 2 is 1.78 bits per heavy atom. The van der Waals surface area contributed by atoms with Crippen molar-refractivity contribution in [1.82, 2.24) is 0 Å². The number of halogens is 1. The summed E-state index contributed by atoms with van der Waals surface area (Å²) in [7, 11) is 0. The summed E-state index contributed by atoms with van der Waals surface area (Å²) in [5, 5.41) is 3.29. The molecule has 0 aromatic heterocycles. The van der Waals surface area contributed by atoms with Gasteiger partial charge in [0, 0.05) is 16.7 Å². The molecule has 0 fully saturated rings. The highest BCUT2D eigenvalue weighted by Gasteiger charge is 1.99. The second-order valence-electron chi connectivity index (χ2n) is 3.79. The zero-order chi connectivity index (χ0) is 12.8. The Morgan fingerprint density at radius 3 is 2.56 bits per heavy atom. The van der Waals surface area contributed by atoms with Crippen LogP contribution in [0.2, 0.25) is 0 Å². The third-order valence-corrected chi connectivity index (χ3v) is 3.16. The maximum atomic E-state index is 5.79. The van der Waals surface area contributed by atoms with Gasteiger partial charge in [0.05, 0.1) is 5.69 Å². The predicted molar refractivity (Wildman–Crippen MR) is 79.0 cm³/mol. The Morgan fingerprint density at radius 1 is 1.06 bits per heavy atom. The molecule has 3 nitrogen and oxygen atoms in total. The molecule has 0 spiro atoms. The van der Waals surface area contributed by atoms with Crippen LogP contribution in [0, 0.1) is 0 Å². The van der Waals surface area contributed by atoms with Gasteiger partial charge >= 0.3 is 0 Å². The Bertz CT molecular complexity index is 469. The van der Waals surface area contributed by atoms with Crippen molar-refractivity contribution in [2.24, 2.45) is 0 Å². The number of para-hydroxylation sites is 3. The predicted octanol–water partition coefficient (Wildman–Crippen LogP) is 3.52. The van der Waals surface area contributed by atoms with E-state index in [1.54, 1.807) is 0 Å². The van der Waals surface area contributed by atoms with E-state index in [-0.39, 0.29) is 0 Å². The first-order valence-corrected chi connectivity index (χ1v) is 6.52. The second kappa shape index (κ2) is 6.31. The minimum absolute atomic E-state index is 0.565. The molecule has 0 saturated heterocycles. The summed E-state index contributed by atoms with van der Waals surface area (Å²) in [5.74, 6) is 0.728. The van der Waals surface area contributed by atoms with Gasteiger partial charge in [-0.25, -0.2) is 0 Å². The fourth-order valence-corrected chi connectivity index (χ4v) is 1.99. The zero-order valence-corrected chi connectivity index (χ0v) is 11.5. The molecule has 2 aromatic carbocycles. The Balaban J connectivity index is 1.80. The normalized spacial score (nSPS) is 10.1. The minimum atomic E-state index is 0.565. The van der Waals surface area contributed by atoms with Crippen molar-refractivity contribution in [2.75, 3.05) is 24.2 Å². The second-order valence-corrected chi connectivity index (χ2v) is 4.65. The number of nitrogen functional groups attached to an aromatic ring is 1. The first-order valence-electron chi connectivity index (χ1n) is 5.73.